The Balaban J connectivity index is 2.39. The molecule has 0 saturated heterocycles. The lowest BCUT2D eigenvalue weighted by Crippen LogP contribution is -2.25. The van der Waals surface area contributed by atoms with Gasteiger partial charge in [0.2, 0.25) is 0 Å². The second kappa shape index (κ2) is 4.90. The highest BCUT2D eigenvalue weighted by Gasteiger charge is 2.07. The molecule has 1 N–H and O–H groups in total. The van der Waals surface area contributed by atoms with Gasteiger partial charge in [-0.3, -0.25) is 0 Å². The fourth-order valence-corrected chi connectivity index (χ4v) is 1.61. The van der Waals surface area contributed by atoms with Gasteiger partial charge in [-0.1, -0.05) is 11.8 Å². The first kappa shape index (κ1) is 10.1. The van der Waals surface area contributed by atoms with Crippen molar-refractivity contribution in [3.05, 3.63) is 12.0 Å². The number of thioether (sulfide) groups is 1. The summed E-state index contributed by atoms with van der Waals surface area (Å²) < 4.78 is 5.12. The minimum Gasteiger partial charge on any atom is -0.440 e. The van der Waals surface area contributed by atoms with Crippen LogP contribution in [0.2, 0.25) is 0 Å². The number of oxazole rings is 1. The zero-order valence-corrected chi connectivity index (χ0v) is 8.39. The van der Waals surface area contributed by atoms with E-state index in [0.717, 1.165) is 5.69 Å². The molecule has 0 spiro atoms. The van der Waals surface area contributed by atoms with Crippen molar-refractivity contribution in [2.75, 3.05) is 12.8 Å². The summed E-state index contributed by atoms with van der Waals surface area (Å²) in [6, 6.07) is 1.97. The van der Waals surface area contributed by atoms with E-state index in [2.05, 4.69) is 16.4 Å². The Labute approximate surface area is 81.3 Å². The Morgan fingerprint density at radius 2 is 2.62 bits per heavy atom. The van der Waals surface area contributed by atoms with Crippen LogP contribution >= 0.6 is 11.8 Å². The normalized spacial score (nSPS) is 12.4. The van der Waals surface area contributed by atoms with E-state index in [4.69, 9.17) is 9.68 Å². The molecule has 0 radical (unpaired) electrons. The summed E-state index contributed by atoms with van der Waals surface area (Å²) in [7, 11) is 1.76. The molecule has 1 unspecified atom stereocenters. The first-order valence-corrected chi connectivity index (χ1v) is 4.86. The van der Waals surface area contributed by atoms with Gasteiger partial charge in [0.05, 0.1) is 11.8 Å². The van der Waals surface area contributed by atoms with E-state index in [1.165, 1.54) is 11.8 Å². The van der Waals surface area contributed by atoms with E-state index in [-0.39, 0.29) is 6.04 Å². The Hall–Kier alpha value is -0.990. The lowest BCUT2D eigenvalue weighted by atomic mass is 10.4. The zero-order chi connectivity index (χ0) is 9.68. The summed E-state index contributed by atoms with van der Waals surface area (Å²) in [6.45, 7) is 1.87. The quantitative estimate of drug-likeness (QED) is 0.734. The molecule has 0 fully saturated rings. The van der Waals surface area contributed by atoms with Gasteiger partial charge in [-0.2, -0.15) is 5.26 Å². The van der Waals surface area contributed by atoms with E-state index in [0.29, 0.717) is 11.0 Å². The fraction of sp³-hybridized carbons (Fsp3) is 0.500. The molecule has 0 aliphatic rings. The van der Waals surface area contributed by atoms with Crippen molar-refractivity contribution < 1.29 is 4.42 Å². The highest BCUT2D eigenvalue weighted by atomic mass is 32.2. The largest absolute Gasteiger partial charge is 0.440 e. The fourth-order valence-electron chi connectivity index (χ4n) is 0.738. The Kier molecular flexibility index (Phi) is 3.80. The van der Waals surface area contributed by atoms with Gasteiger partial charge in [-0.05, 0) is 14.0 Å². The molecule has 0 aromatic carbocycles. The summed E-state index contributed by atoms with van der Waals surface area (Å²) in [5, 5.41) is 12.1. The number of hydrogen-bond acceptors (Lipinski definition) is 5. The van der Waals surface area contributed by atoms with Crippen molar-refractivity contribution in [1.29, 1.82) is 5.26 Å². The topological polar surface area (TPSA) is 61.9 Å². The van der Waals surface area contributed by atoms with Crippen LogP contribution in [0.25, 0.3) is 0 Å². The smallest absolute Gasteiger partial charge is 0.255 e. The first-order valence-electron chi connectivity index (χ1n) is 3.88. The summed E-state index contributed by atoms with van der Waals surface area (Å²) in [5.74, 6) is 0.646. The number of aromatic nitrogens is 1. The maximum atomic E-state index is 8.63. The highest BCUT2D eigenvalue weighted by Crippen LogP contribution is 2.17. The molecule has 0 aliphatic carbocycles. The van der Waals surface area contributed by atoms with Crippen molar-refractivity contribution in [3.63, 3.8) is 0 Å². The van der Waals surface area contributed by atoms with E-state index in [1.54, 1.807) is 13.3 Å². The molecule has 1 aromatic heterocycles. The van der Waals surface area contributed by atoms with Crippen LogP contribution in [0.15, 0.2) is 15.9 Å². The summed E-state index contributed by atoms with van der Waals surface area (Å²) in [6.07, 6.45) is 1.60. The van der Waals surface area contributed by atoms with Crippen LogP contribution in [0.1, 0.15) is 5.69 Å². The Bertz CT molecular complexity index is 305. The van der Waals surface area contributed by atoms with Crippen LogP contribution in [-0.2, 0) is 0 Å². The highest BCUT2D eigenvalue weighted by molar-refractivity contribution is 7.99. The van der Waals surface area contributed by atoms with E-state index >= 15 is 0 Å². The van der Waals surface area contributed by atoms with E-state index in [1.807, 2.05) is 6.92 Å². The molecule has 1 rings (SSSR count). The van der Waals surface area contributed by atoms with Crippen LogP contribution in [0.5, 0.6) is 0 Å². The maximum absolute atomic E-state index is 8.63. The lowest BCUT2D eigenvalue weighted by molar-refractivity contribution is 0.453. The van der Waals surface area contributed by atoms with Gasteiger partial charge in [0.15, 0.2) is 0 Å². The van der Waals surface area contributed by atoms with Crippen molar-refractivity contribution in [1.82, 2.24) is 10.3 Å². The third kappa shape index (κ3) is 3.09. The zero-order valence-electron chi connectivity index (χ0n) is 7.57. The van der Waals surface area contributed by atoms with Crippen LogP contribution in [0, 0.1) is 18.3 Å². The monoisotopic (exact) mass is 197 g/mol. The van der Waals surface area contributed by atoms with Crippen molar-refractivity contribution in [2.45, 2.75) is 18.2 Å². The van der Waals surface area contributed by atoms with Gasteiger partial charge in [-0.25, -0.2) is 4.98 Å². The number of aryl methyl sites for hydroxylation is 1. The minimum absolute atomic E-state index is 0.155. The Morgan fingerprint density at radius 3 is 3.08 bits per heavy atom. The number of nitrogens with one attached hydrogen (secondary N) is 1. The summed E-state index contributed by atoms with van der Waals surface area (Å²) in [4.78, 5) is 4.11. The molecule has 0 amide bonds. The third-order valence-electron chi connectivity index (χ3n) is 1.48. The van der Waals surface area contributed by atoms with Crippen molar-refractivity contribution in [3.8, 4) is 6.07 Å². The summed E-state index contributed by atoms with van der Waals surface area (Å²) in [5.41, 5.74) is 0.862. The number of nitriles is 1. The third-order valence-corrected chi connectivity index (χ3v) is 2.41. The molecule has 0 saturated carbocycles. The minimum atomic E-state index is -0.155. The van der Waals surface area contributed by atoms with Crippen molar-refractivity contribution >= 4 is 11.8 Å². The standard InChI is InChI=1S/C8H11N3OS/c1-6-4-12-8(11-6)13-5-7(3-9)10-2/h4,7,10H,5H2,1-2H3. The van der Waals surface area contributed by atoms with Gasteiger partial charge >= 0.3 is 0 Å². The molecule has 1 atom stereocenters. The van der Waals surface area contributed by atoms with Crippen LogP contribution < -0.4 is 5.32 Å². The van der Waals surface area contributed by atoms with Crippen LogP contribution in [0.3, 0.4) is 0 Å². The first-order chi connectivity index (χ1) is 6.26. The molecule has 0 aliphatic heterocycles. The molecule has 1 aromatic rings. The average molecular weight is 197 g/mol. The van der Waals surface area contributed by atoms with Crippen LogP contribution in [0.4, 0.5) is 0 Å². The second-order valence-electron chi connectivity index (χ2n) is 2.54. The summed E-state index contributed by atoms with van der Waals surface area (Å²) >= 11 is 1.44. The Morgan fingerprint density at radius 1 is 1.85 bits per heavy atom. The molecule has 13 heavy (non-hydrogen) atoms. The molecule has 1 heterocycles. The molecule has 5 heteroatoms. The lowest BCUT2D eigenvalue weighted by Gasteiger charge is -2.03. The number of rotatable bonds is 4. The van der Waals surface area contributed by atoms with Crippen molar-refractivity contribution in [2.24, 2.45) is 0 Å². The van der Waals surface area contributed by atoms with Gasteiger partial charge < -0.3 is 9.73 Å². The number of nitrogens with zero attached hydrogens (tertiary/aromatic N) is 2. The van der Waals surface area contributed by atoms with Gasteiger partial charge in [0, 0.05) is 5.75 Å². The molecule has 70 valence electrons. The SMILES string of the molecule is CNC(C#N)CSc1nc(C)co1. The average Bonchev–Trinajstić information content (AvgIpc) is 2.53. The predicted octanol–water partition coefficient (Wildman–Crippen LogP) is 1.19. The molecule has 4 nitrogen and oxygen atoms in total. The molecule has 0 bridgehead atoms. The predicted molar refractivity (Wildman–Crippen MR) is 50.4 cm³/mol. The van der Waals surface area contributed by atoms with Gasteiger partial charge in [0.25, 0.3) is 5.22 Å². The molecular formula is C8H11N3OS. The van der Waals surface area contributed by atoms with Gasteiger partial charge in [-0.15, -0.1) is 0 Å². The second-order valence-corrected chi connectivity index (χ2v) is 3.51. The van der Waals surface area contributed by atoms with E-state index in [9.17, 15) is 0 Å². The van der Waals surface area contributed by atoms with E-state index < -0.39 is 0 Å². The van der Waals surface area contributed by atoms with Gasteiger partial charge in [0.1, 0.15) is 12.3 Å². The maximum Gasteiger partial charge on any atom is 0.255 e. The number of hydrogen-bond donors (Lipinski definition) is 1. The van der Waals surface area contributed by atoms with Crippen LogP contribution in [-0.4, -0.2) is 23.8 Å². The molecular weight excluding hydrogens is 186 g/mol.